The van der Waals surface area contributed by atoms with E-state index >= 15 is 0 Å². The number of ether oxygens (including phenoxy) is 4. The van der Waals surface area contributed by atoms with Crippen molar-refractivity contribution in [2.75, 3.05) is 6.61 Å². The molecule has 3 aromatic rings. The summed E-state index contributed by atoms with van der Waals surface area (Å²) in [7, 11) is 0. The molecule has 1 aromatic heterocycles. The molecule has 0 bridgehead atoms. The summed E-state index contributed by atoms with van der Waals surface area (Å²) in [4.78, 5) is 24.3. The minimum Gasteiger partial charge on any atom is -0.507 e. The normalized spacial score (nSPS) is 32.3. The van der Waals surface area contributed by atoms with E-state index in [0.717, 1.165) is 24.3 Å². The first-order valence-electron chi connectivity index (χ1n) is 13.0. The van der Waals surface area contributed by atoms with E-state index in [2.05, 4.69) is 0 Å². The van der Waals surface area contributed by atoms with Crippen LogP contribution in [-0.2, 0) is 14.3 Å². The van der Waals surface area contributed by atoms with Crippen LogP contribution in [0.4, 0.5) is 0 Å². The van der Waals surface area contributed by atoms with Gasteiger partial charge in [-0.1, -0.05) is 0 Å². The number of hydrogen-bond donors (Lipinski definition) is 10. The predicted octanol–water partition coefficient (Wildman–Crippen LogP) is -2.68. The number of phenols is 2. The lowest BCUT2D eigenvalue weighted by Gasteiger charge is -2.39. The second-order valence-corrected chi connectivity index (χ2v) is 10.1. The Morgan fingerprint density at radius 2 is 1.43 bits per heavy atom. The Bertz CT molecular complexity index is 1590. The minimum atomic E-state index is -1.96. The molecular weight excluding hydrogens is 596 g/mol. The molecule has 2 saturated heterocycles. The number of aromatic hydroxyl groups is 2. The Labute approximate surface area is 245 Å². The molecule has 2 fully saturated rings. The Morgan fingerprint density at radius 3 is 2.09 bits per heavy atom. The third-order valence-corrected chi connectivity index (χ3v) is 7.18. The summed E-state index contributed by atoms with van der Waals surface area (Å²) in [6.07, 6.45) is -17.7. The van der Waals surface area contributed by atoms with Crippen LogP contribution in [0.25, 0.3) is 22.3 Å². The highest BCUT2D eigenvalue weighted by atomic mass is 16.7. The SMILES string of the molecule is O=C(O)[C@H]1O[C@@H](Oc2cc(O)c3c(=O)cc(-c4ccc(O)c(O[C@@H]5O[C@H](CO)[C@@H](O)[C@H](O)[C@H]5O)c4)oc3c2)[C@H](O)[C@@H](O)[C@@H]1O. The van der Waals surface area contributed by atoms with Gasteiger partial charge in [0.25, 0.3) is 0 Å². The first kappa shape index (κ1) is 31.4. The topological polar surface area (TPSA) is 286 Å². The van der Waals surface area contributed by atoms with Crippen LogP contribution in [-0.4, -0.2) is 125 Å². The van der Waals surface area contributed by atoms with E-state index in [9.17, 15) is 60.7 Å². The second kappa shape index (κ2) is 12.2. The van der Waals surface area contributed by atoms with Gasteiger partial charge in [0.05, 0.1) is 6.61 Å². The van der Waals surface area contributed by atoms with Crippen LogP contribution in [0.15, 0.2) is 45.6 Å². The molecule has 3 heterocycles. The maximum atomic E-state index is 12.9. The van der Waals surface area contributed by atoms with Gasteiger partial charge in [-0.2, -0.15) is 0 Å². The fraction of sp³-hybridized carbons (Fsp3) is 0.407. The molecule has 238 valence electrons. The number of carbonyl (C=O) groups is 1. The van der Waals surface area contributed by atoms with Crippen molar-refractivity contribution in [3.8, 4) is 34.3 Å². The molecule has 0 aliphatic carbocycles. The quantitative estimate of drug-likeness (QED) is 0.128. The van der Waals surface area contributed by atoms with Gasteiger partial charge in [0.1, 0.15) is 71.0 Å². The van der Waals surface area contributed by atoms with E-state index in [4.69, 9.17) is 23.4 Å². The van der Waals surface area contributed by atoms with Crippen LogP contribution >= 0.6 is 0 Å². The Morgan fingerprint density at radius 1 is 0.773 bits per heavy atom. The van der Waals surface area contributed by atoms with Crippen LogP contribution in [0.2, 0.25) is 0 Å². The summed E-state index contributed by atoms with van der Waals surface area (Å²) in [6, 6.07) is 6.73. The van der Waals surface area contributed by atoms with E-state index in [0.29, 0.717) is 0 Å². The zero-order valence-electron chi connectivity index (χ0n) is 22.3. The molecule has 10 atom stereocenters. The Hall–Kier alpha value is -4.04. The number of rotatable bonds is 7. The molecule has 10 N–H and O–H groups in total. The molecular formula is C27H28O17. The van der Waals surface area contributed by atoms with Crippen molar-refractivity contribution in [2.45, 2.75) is 61.4 Å². The molecule has 0 unspecified atom stereocenters. The molecule has 2 aliphatic rings. The molecule has 0 saturated carbocycles. The van der Waals surface area contributed by atoms with Crippen LogP contribution in [0.5, 0.6) is 23.0 Å². The van der Waals surface area contributed by atoms with Crippen molar-refractivity contribution < 1.29 is 79.2 Å². The lowest BCUT2D eigenvalue weighted by atomic mass is 9.99. The average Bonchev–Trinajstić information content (AvgIpc) is 2.98. The molecule has 2 aromatic carbocycles. The Balaban J connectivity index is 1.45. The van der Waals surface area contributed by atoms with E-state index < -0.39 is 90.9 Å². The highest BCUT2D eigenvalue weighted by Gasteiger charge is 2.48. The Kier molecular flexibility index (Phi) is 8.67. The van der Waals surface area contributed by atoms with Crippen molar-refractivity contribution in [2.24, 2.45) is 0 Å². The predicted molar refractivity (Wildman–Crippen MR) is 141 cm³/mol. The highest BCUT2D eigenvalue weighted by Crippen LogP contribution is 2.37. The van der Waals surface area contributed by atoms with Crippen LogP contribution in [0.3, 0.4) is 0 Å². The second-order valence-electron chi connectivity index (χ2n) is 10.1. The maximum Gasteiger partial charge on any atom is 0.335 e. The summed E-state index contributed by atoms with van der Waals surface area (Å²) in [5.74, 6) is -3.46. The van der Waals surface area contributed by atoms with Crippen molar-refractivity contribution in [3.05, 3.63) is 46.6 Å². The highest BCUT2D eigenvalue weighted by molar-refractivity contribution is 5.86. The van der Waals surface area contributed by atoms with Crippen molar-refractivity contribution in [3.63, 3.8) is 0 Å². The molecule has 0 amide bonds. The molecule has 5 rings (SSSR count). The lowest BCUT2D eigenvalue weighted by Crippen LogP contribution is -2.61. The van der Waals surface area contributed by atoms with Gasteiger partial charge in [-0.15, -0.1) is 0 Å². The van der Waals surface area contributed by atoms with E-state index in [1.807, 2.05) is 0 Å². The van der Waals surface area contributed by atoms with Gasteiger partial charge in [-0.05, 0) is 18.2 Å². The van der Waals surface area contributed by atoms with E-state index in [1.54, 1.807) is 0 Å². The van der Waals surface area contributed by atoms with Gasteiger partial charge >= 0.3 is 5.97 Å². The zero-order chi connectivity index (χ0) is 32.0. The first-order chi connectivity index (χ1) is 20.8. The smallest absolute Gasteiger partial charge is 0.335 e. The number of phenolic OH excluding ortho intramolecular Hbond substituents is 2. The average molecular weight is 625 g/mol. The number of aliphatic hydroxyl groups excluding tert-OH is 7. The van der Waals surface area contributed by atoms with Gasteiger partial charge in [-0.3, -0.25) is 4.79 Å². The summed E-state index contributed by atoms with van der Waals surface area (Å²) in [5, 5.41) is 99.6. The first-order valence-corrected chi connectivity index (χ1v) is 13.0. The summed E-state index contributed by atoms with van der Waals surface area (Å²) < 4.78 is 27.1. The van der Waals surface area contributed by atoms with Crippen LogP contribution in [0, 0.1) is 0 Å². The molecule has 0 radical (unpaired) electrons. The zero-order valence-corrected chi connectivity index (χ0v) is 22.3. The van der Waals surface area contributed by atoms with E-state index in [-0.39, 0.29) is 33.8 Å². The number of hydrogen-bond acceptors (Lipinski definition) is 16. The standard InChI is InChI=1S/C27H28O17/c28-7-16-18(32)19(33)22(36)27(43-16)42-14-3-8(1-2-10(14)29)13-6-12(31)17-11(30)4-9(5-15(17)41-13)40-26-23(37)20(34)21(35)24(44-26)25(38)39/h1-6,16,18-24,26-30,32-37H,7H2,(H,38,39)/t16-,18-,19+,20+,21+,22-,23-,24+,26-,27-/m1/s1. The molecule has 44 heavy (non-hydrogen) atoms. The third-order valence-electron chi connectivity index (χ3n) is 7.18. The van der Waals surface area contributed by atoms with Gasteiger partial charge in [0, 0.05) is 23.8 Å². The fourth-order valence-electron chi connectivity index (χ4n) is 4.79. The largest absolute Gasteiger partial charge is 0.507 e. The number of carboxylic acid groups (broad SMARTS) is 1. The van der Waals surface area contributed by atoms with Crippen molar-refractivity contribution in [1.82, 2.24) is 0 Å². The van der Waals surface area contributed by atoms with Crippen LogP contribution < -0.4 is 14.9 Å². The van der Waals surface area contributed by atoms with Gasteiger partial charge in [-0.25, -0.2) is 4.79 Å². The van der Waals surface area contributed by atoms with Crippen molar-refractivity contribution in [1.29, 1.82) is 0 Å². The van der Waals surface area contributed by atoms with Crippen LogP contribution in [0.1, 0.15) is 0 Å². The molecule has 17 heteroatoms. The fourth-order valence-corrected chi connectivity index (χ4v) is 4.79. The lowest BCUT2D eigenvalue weighted by molar-refractivity contribution is -0.277. The van der Waals surface area contributed by atoms with Crippen molar-refractivity contribution >= 4 is 16.9 Å². The monoisotopic (exact) mass is 624 g/mol. The summed E-state index contributed by atoms with van der Waals surface area (Å²) in [6.45, 7) is -0.716. The number of fused-ring (bicyclic) bond motifs is 1. The summed E-state index contributed by atoms with van der Waals surface area (Å²) in [5.41, 5.74) is -0.861. The third kappa shape index (κ3) is 5.75. The number of carboxylic acids is 1. The van der Waals surface area contributed by atoms with Gasteiger partial charge in [0.15, 0.2) is 23.0 Å². The maximum absolute atomic E-state index is 12.9. The number of aliphatic hydroxyl groups is 7. The molecule has 2 aliphatic heterocycles. The van der Waals surface area contributed by atoms with Gasteiger partial charge < -0.3 is 74.4 Å². The van der Waals surface area contributed by atoms with E-state index in [1.165, 1.54) is 12.1 Å². The summed E-state index contributed by atoms with van der Waals surface area (Å²) >= 11 is 0. The molecule has 0 spiro atoms. The van der Waals surface area contributed by atoms with Gasteiger partial charge in [0.2, 0.25) is 12.6 Å². The molecule has 17 nitrogen and oxygen atoms in total. The number of aliphatic carboxylic acids is 1. The number of benzene rings is 2. The minimum absolute atomic E-state index is 0.125.